The van der Waals surface area contributed by atoms with Gasteiger partial charge < -0.3 is 15.7 Å². The van der Waals surface area contributed by atoms with Crippen LogP contribution in [-0.2, 0) is 4.79 Å². The molecule has 0 bridgehead atoms. The summed E-state index contributed by atoms with van der Waals surface area (Å²) >= 11 is 0. The minimum absolute atomic E-state index is 0.153. The Bertz CT molecular complexity index is 140. The van der Waals surface area contributed by atoms with E-state index >= 15 is 0 Å². The van der Waals surface area contributed by atoms with Crippen molar-refractivity contribution in [3.8, 4) is 0 Å². The predicted octanol–water partition coefficient (Wildman–Crippen LogP) is -0.567. The van der Waals surface area contributed by atoms with Crippen LogP contribution >= 0.6 is 0 Å². The molecule has 0 radical (unpaired) electrons. The SMILES string of the molecule is CN(C)C=C(N)C(=O)O. The first kappa shape index (κ1) is 7.81. The maximum absolute atomic E-state index is 10.0. The molecule has 9 heavy (non-hydrogen) atoms. The Morgan fingerprint density at radius 1 is 1.67 bits per heavy atom. The molecule has 52 valence electrons. The molecule has 0 atom stereocenters. The van der Waals surface area contributed by atoms with Gasteiger partial charge in [-0.15, -0.1) is 0 Å². The normalized spacial score (nSPS) is 11.1. The van der Waals surface area contributed by atoms with E-state index in [-0.39, 0.29) is 5.70 Å². The Balaban J connectivity index is 4.00. The van der Waals surface area contributed by atoms with Crippen molar-refractivity contribution < 1.29 is 9.90 Å². The number of nitrogens with zero attached hydrogens (tertiary/aromatic N) is 1. The third-order valence-electron chi connectivity index (χ3n) is 0.644. The van der Waals surface area contributed by atoms with E-state index in [0.717, 1.165) is 0 Å². The fourth-order valence-corrected chi connectivity index (χ4v) is 0.333. The minimum atomic E-state index is -1.09. The van der Waals surface area contributed by atoms with Crippen LogP contribution in [0.1, 0.15) is 0 Å². The van der Waals surface area contributed by atoms with Gasteiger partial charge in [0.25, 0.3) is 0 Å². The maximum atomic E-state index is 10.0. The summed E-state index contributed by atoms with van der Waals surface area (Å²) in [6.45, 7) is 0. The number of hydrogen-bond acceptors (Lipinski definition) is 3. The molecule has 0 heterocycles. The molecular weight excluding hydrogens is 120 g/mol. The van der Waals surface area contributed by atoms with Gasteiger partial charge in [-0.2, -0.15) is 0 Å². The maximum Gasteiger partial charge on any atom is 0.353 e. The molecule has 0 aliphatic carbocycles. The third-order valence-corrected chi connectivity index (χ3v) is 0.644. The Morgan fingerprint density at radius 3 is 2.22 bits per heavy atom. The molecule has 0 aromatic heterocycles. The number of carbonyl (C=O) groups is 1. The van der Waals surface area contributed by atoms with E-state index in [1.54, 1.807) is 19.0 Å². The van der Waals surface area contributed by atoms with Gasteiger partial charge in [0.05, 0.1) is 0 Å². The molecule has 0 aromatic rings. The molecule has 0 aliphatic rings. The summed E-state index contributed by atoms with van der Waals surface area (Å²) in [5, 5.41) is 8.21. The number of aliphatic carboxylic acids is 1. The van der Waals surface area contributed by atoms with Crippen LogP contribution in [0.15, 0.2) is 11.9 Å². The summed E-state index contributed by atoms with van der Waals surface area (Å²) < 4.78 is 0. The van der Waals surface area contributed by atoms with Crippen molar-refractivity contribution in [1.82, 2.24) is 4.90 Å². The van der Waals surface area contributed by atoms with Crippen molar-refractivity contribution in [3.63, 3.8) is 0 Å². The molecule has 0 fully saturated rings. The van der Waals surface area contributed by atoms with Crippen molar-refractivity contribution in [3.05, 3.63) is 11.9 Å². The fraction of sp³-hybridized carbons (Fsp3) is 0.400. The zero-order valence-corrected chi connectivity index (χ0v) is 5.46. The number of carboxylic acid groups (broad SMARTS) is 1. The average molecular weight is 130 g/mol. The van der Waals surface area contributed by atoms with E-state index in [0.29, 0.717) is 0 Å². The number of rotatable bonds is 2. The van der Waals surface area contributed by atoms with Crippen LogP contribution in [-0.4, -0.2) is 30.1 Å². The van der Waals surface area contributed by atoms with Crippen LogP contribution in [0.3, 0.4) is 0 Å². The summed E-state index contributed by atoms with van der Waals surface area (Å²) in [6.07, 6.45) is 1.34. The molecule has 0 saturated carbocycles. The van der Waals surface area contributed by atoms with Gasteiger partial charge in [0, 0.05) is 20.3 Å². The van der Waals surface area contributed by atoms with E-state index in [2.05, 4.69) is 0 Å². The van der Waals surface area contributed by atoms with Crippen molar-refractivity contribution in [2.24, 2.45) is 5.73 Å². The standard InChI is InChI=1S/C5H10N2O2/c1-7(2)3-4(6)5(8)9/h3H,6H2,1-2H3,(H,8,9). The van der Waals surface area contributed by atoms with E-state index in [1.807, 2.05) is 0 Å². The molecule has 0 aromatic carbocycles. The van der Waals surface area contributed by atoms with Gasteiger partial charge in [-0.1, -0.05) is 0 Å². The molecule has 0 aliphatic heterocycles. The second-order valence-electron chi connectivity index (χ2n) is 1.85. The van der Waals surface area contributed by atoms with Crippen LogP contribution in [0.2, 0.25) is 0 Å². The van der Waals surface area contributed by atoms with Crippen molar-refractivity contribution in [1.29, 1.82) is 0 Å². The first-order valence-electron chi connectivity index (χ1n) is 2.41. The van der Waals surface area contributed by atoms with Crippen LogP contribution in [0.5, 0.6) is 0 Å². The largest absolute Gasteiger partial charge is 0.477 e. The molecule has 0 rings (SSSR count). The van der Waals surface area contributed by atoms with E-state index < -0.39 is 5.97 Å². The molecular formula is C5H10N2O2. The molecule has 0 amide bonds. The Labute approximate surface area is 53.6 Å². The monoisotopic (exact) mass is 130 g/mol. The van der Waals surface area contributed by atoms with E-state index in [4.69, 9.17) is 10.8 Å². The summed E-state index contributed by atoms with van der Waals surface area (Å²) in [6, 6.07) is 0. The highest BCUT2D eigenvalue weighted by atomic mass is 16.4. The van der Waals surface area contributed by atoms with Crippen LogP contribution in [0.25, 0.3) is 0 Å². The van der Waals surface area contributed by atoms with Gasteiger partial charge >= 0.3 is 5.97 Å². The zero-order chi connectivity index (χ0) is 7.44. The Morgan fingerprint density at radius 2 is 2.11 bits per heavy atom. The summed E-state index contributed by atoms with van der Waals surface area (Å²) in [5.41, 5.74) is 4.88. The fourth-order valence-electron chi connectivity index (χ4n) is 0.333. The van der Waals surface area contributed by atoms with E-state index in [9.17, 15) is 4.79 Å². The van der Waals surface area contributed by atoms with Crippen molar-refractivity contribution >= 4 is 5.97 Å². The molecule has 0 unspecified atom stereocenters. The lowest BCUT2D eigenvalue weighted by molar-refractivity contribution is -0.132. The Kier molecular flexibility index (Phi) is 2.57. The summed E-state index contributed by atoms with van der Waals surface area (Å²) in [7, 11) is 3.41. The highest BCUT2D eigenvalue weighted by molar-refractivity contribution is 5.85. The van der Waals surface area contributed by atoms with Crippen LogP contribution < -0.4 is 5.73 Å². The van der Waals surface area contributed by atoms with Crippen molar-refractivity contribution in [2.75, 3.05) is 14.1 Å². The first-order chi connectivity index (χ1) is 4.04. The molecule has 4 nitrogen and oxygen atoms in total. The molecule has 4 heteroatoms. The second kappa shape index (κ2) is 2.96. The number of carboxylic acids is 1. The summed E-state index contributed by atoms with van der Waals surface area (Å²) in [4.78, 5) is 11.6. The summed E-state index contributed by atoms with van der Waals surface area (Å²) in [5.74, 6) is -1.09. The Hall–Kier alpha value is -1.19. The van der Waals surface area contributed by atoms with Crippen LogP contribution in [0, 0.1) is 0 Å². The van der Waals surface area contributed by atoms with Gasteiger partial charge in [0.15, 0.2) is 0 Å². The predicted molar refractivity (Wildman–Crippen MR) is 33.6 cm³/mol. The van der Waals surface area contributed by atoms with Gasteiger partial charge in [0.1, 0.15) is 5.70 Å². The lowest BCUT2D eigenvalue weighted by atomic mass is 10.5. The molecule has 0 spiro atoms. The first-order valence-corrected chi connectivity index (χ1v) is 2.41. The van der Waals surface area contributed by atoms with Crippen LogP contribution in [0.4, 0.5) is 0 Å². The number of nitrogens with two attached hydrogens (primary N) is 1. The van der Waals surface area contributed by atoms with Gasteiger partial charge in [-0.05, 0) is 0 Å². The zero-order valence-electron chi connectivity index (χ0n) is 5.46. The number of hydrogen-bond donors (Lipinski definition) is 2. The molecule has 0 saturated heterocycles. The topological polar surface area (TPSA) is 66.6 Å². The van der Waals surface area contributed by atoms with Gasteiger partial charge in [-0.3, -0.25) is 0 Å². The van der Waals surface area contributed by atoms with Crippen molar-refractivity contribution in [2.45, 2.75) is 0 Å². The highest BCUT2D eigenvalue weighted by Crippen LogP contribution is 1.84. The minimum Gasteiger partial charge on any atom is -0.477 e. The highest BCUT2D eigenvalue weighted by Gasteiger charge is 1.98. The molecule has 3 N–H and O–H groups in total. The van der Waals surface area contributed by atoms with E-state index in [1.165, 1.54) is 6.20 Å². The van der Waals surface area contributed by atoms with Gasteiger partial charge in [-0.25, -0.2) is 4.79 Å². The lowest BCUT2D eigenvalue weighted by Crippen LogP contribution is -2.14. The van der Waals surface area contributed by atoms with Gasteiger partial charge in [0.2, 0.25) is 0 Å². The third kappa shape index (κ3) is 3.40. The second-order valence-corrected chi connectivity index (χ2v) is 1.85. The quantitative estimate of drug-likeness (QED) is 0.491. The smallest absolute Gasteiger partial charge is 0.353 e. The lowest BCUT2D eigenvalue weighted by Gasteiger charge is -2.03. The average Bonchev–Trinajstić information content (AvgIpc) is 1.63.